The number of nitrogen functional groups attached to an aromatic ring is 3. The van der Waals surface area contributed by atoms with Crippen molar-refractivity contribution in [3.63, 3.8) is 0 Å². The number of hydrogen-bond donors (Lipinski definition) is 18. The molecule has 0 amide bonds. The summed E-state index contributed by atoms with van der Waals surface area (Å²) in [5.41, 5.74) is 15.4. The molecule has 0 aliphatic carbocycles. The molecule has 0 radical (unpaired) electrons. The lowest BCUT2D eigenvalue weighted by molar-refractivity contribution is -0.123. The summed E-state index contributed by atoms with van der Waals surface area (Å²) >= 11 is 0. The van der Waals surface area contributed by atoms with Gasteiger partial charge in [0.15, 0.2) is 0 Å². The van der Waals surface area contributed by atoms with Gasteiger partial charge in [-0.2, -0.15) is 15.0 Å². The highest BCUT2D eigenvalue weighted by Gasteiger charge is 2.30. The van der Waals surface area contributed by atoms with Crippen LogP contribution in [0.5, 0.6) is 0 Å². The monoisotopic (exact) mass is 552 g/mol. The molecule has 1 aromatic rings. The van der Waals surface area contributed by atoms with Crippen LogP contribution in [0.4, 0.5) is 17.8 Å². The van der Waals surface area contributed by atoms with E-state index in [0.29, 0.717) is 0 Å². The molecule has 0 aliphatic heterocycles. The molecule has 37 heavy (non-hydrogen) atoms. The molecule has 21 nitrogen and oxygen atoms in total. The predicted molar refractivity (Wildman–Crippen MR) is 122 cm³/mol. The van der Waals surface area contributed by atoms with E-state index in [-0.39, 0.29) is 17.8 Å². The van der Waals surface area contributed by atoms with Crippen molar-refractivity contribution in [1.82, 2.24) is 15.0 Å². The molecule has 1 heterocycles. The number of aromatic nitrogens is 3. The molecule has 0 unspecified atom stereocenters. The van der Waals surface area contributed by atoms with E-state index in [2.05, 4.69) is 15.0 Å². The second kappa shape index (κ2) is 21.9. The van der Waals surface area contributed by atoms with Gasteiger partial charge >= 0.3 is 7.32 Å². The van der Waals surface area contributed by atoms with Crippen molar-refractivity contribution in [2.75, 3.05) is 43.6 Å². The fraction of sp³-hybridized carbons (Fsp3) is 0.800. The van der Waals surface area contributed by atoms with Gasteiger partial charge in [-0.25, -0.2) is 0 Å². The average Bonchev–Trinajstić information content (AvgIpc) is 2.84. The van der Waals surface area contributed by atoms with Gasteiger partial charge in [0.25, 0.3) is 0 Å². The van der Waals surface area contributed by atoms with Gasteiger partial charge in [-0.3, -0.25) is 0 Å². The van der Waals surface area contributed by atoms with Crippen LogP contribution >= 0.6 is 0 Å². The fourth-order valence-corrected chi connectivity index (χ4v) is 1.77. The summed E-state index contributed by atoms with van der Waals surface area (Å²) in [4.78, 5) is 10.5. The zero-order valence-electron chi connectivity index (χ0n) is 19.3. The van der Waals surface area contributed by atoms with Crippen LogP contribution in [0.2, 0.25) is 0 Å². The van der Waals surface area contributed by atoms with Gasteiger partial charge in [0.1, 0.15) is 48.8 Å². The van der Waals surface area contributed by atoms with Crippen LogP contribution in [0.3, 0.4) is 0 Å². The average molecular weight is 552 g/mol. The van der Waals surface area contributed by atoms with E-state index in [4.69, 9.17) is 93.6 Å². The molecular weight excluding hydrogens is 515 g/mol. The summed E-state index contributed by atoms with van der Waals surface area (Å²) in [6.45, 7) is -2.90. The minimum Gasteiger partial charge on any atom is -0.402 e. The Kier molecular flexibility index (Phi) is 23.3. The van der Waals surface area contributed by atoms with Crippen molar-refractivity contribution in [2.45, 2.75) is 48.8 Å². The first-order chi connectivity index (χ1) is 17.0. The molecular formula is C15H37BN6O15. The molecule has 1 rings (SSSR count). The van der Waals surface area contributed by atoms with Crippen LogP contribution in [0.1, 0.15) is 0 Å². The molecule has 8 atom stereocenters. The lowest BCUT2D eigenvalue weighted by Crippen LogP contribution is -2.46. The first kappa shape index (κ1) is 39.4. The Bertz CT molecular complexity index is 578. The number of nitrogens with zero attached hydrogens (tertiary/aromatic N) is 3. The number of rotatable bonds is 10. The third-order valence-corrected chi connectivity index (χ3v) is 3.71. The van der Waals surface area contributed by atoms with E-state index >= 15 is 0 Å². The standard InChI is InChI=1S/2C6H14O6.C3H6N6.BH3O3/c2*7-1-3(9)5(11)6(12)4(10)2-8;4-1-7-2(5)9-3(6)8-1;2-1(3)4/h2*3-12H,1-2H2;(H6,4,5,6,7,8,9);2-4H/t2*3-,4-,5-,6-;;/m11../s1. The maximum atomic E-state index is 8.96. The van der Waals surface area contributed by atoms with E-state index in [1.165, 1.54) is 0 Å². The third-order valence-electron chi connectivity index (χ3n) is 3.71. The molecule has 0 aromatic carbocycles. The third kappa shape index (κ3) is 19.6. The smallest absolute Gasteiger partial charge is 0.402 e. The highest BCUT2D eigenvalue weighted by Crippen LogP contribution is 2.05. The van der Waals surface area contributed by atoms with E-state index < -0.39 is 82.6 Å². The molecule has 220 valence electrons. The van der Waals surface area contributed by atoms with Crippen molar-refractivity contribution >= 4 is 25.2 Å². The van der Waals surface area contributed by atoms with Crippen LogP contribution in [0.15, 0.2) is 0 Å². The number of aliphatic hydroxyl groups is 12. The van der Waals surface area contributed by atoms with Gasteiger partial charge in [0, 0.05) is 0 Å². The first-order valence-electron chi connectivity index (χ1n) is 9.95. The second-order valence-corrected chi connectivity index (χ2v) is 6.72. The number of aliphatic hydroxyl groups excluding tert-OH is 12. The summed E-state index contributed by atoms with van der Waals surface area (Å²) in [7, 11) is -2.17. The van der Waals surface area contributed by atoms with Crippen LogP contribution < -0.4 is 17.2 Å². The molecule has 0 fully saturated rings. The molecule has 22 heteroatoms. The molecule has 0 saturated heterocycles. The maximum Gasteiger partial charge on any atom is 0.631 e. The Balaban J connectivity index is -0.000000439. The second-order valence-electron chi connectivity index (χ2n) is 6.72. The summed E-state index contributed by atoms with van der Waals surface area (Å²) in [6.07, 6.45) is -12.8. The molecule has 0 aliphatic rings. The zero-order chi connectivity index (χ0) is 29.9. The summed E-state index contributed by atoms with van der Waals surface area (Å²) in [6, 6.07) is 0. The lowest BCUT2D eigenvalue weighted by atomic mass is 10.0. The van der Waals surface area contributed by atoms with Crippen molar-refractivity contribution in [1.29, 1.82) is 0 Å². The minimum atomic E-state index is -2.17. The van der Waals surface area contributed by atoms with E-state index in [0.717, 1.165) is 0 Å². The topological polar surface area (TPSA) is 420 Å². The number of anilines is 3. The molecule has 0 bridgehead atoms. The zero-order valence-corrected chi connectivity index (χ0v) is 19.3. The Morgan fingerprint density at radius 3 is 0.703 bits per heavy atom. The van der Waals surface area contributed by atoms with Gasteiger partial charge < -0.3 is 93.6 Å². The predicted octanol–water partition coefficient (Wildman–Crippen LogP) is -10.6. The fourth-order valence-electron chi connectivity index (χ4n) is 1.77. The van der Waals surface area contributed by atoms with E-state index in [1.54, 1.807) is 0 Å². The van der Waals surface area contributed by atoms with Crippen molar-refractivity contribution in [3.05, 3.63) is 0 Å². The normalized spacial score (nSPS) is 16.9. The minimum absolute atomic E-state index is 0.0417. The largest absolute Gasteiger partial charge is 0.631 e. The van der Waals surface area contributed by atoms with Gasteiger partial charge in [-0.1, -0.05) is 0 Å². The Morgan fingerprint density at radius 2 is 0.595 bits per heavy atom. The first-order valence-corrected chi connectivity index (χ1v) is 9.95. The maximum absolute atomic E-state index is 8.96. The van der Waals surface area contributed by atoms with Gasteiger partial charge in [-0.15, -0.1) is 0 Å². The highest BCUT2D eigenvalue weighted by atomic mass is 16.5. The SMILES string of the molecule is Nc1nc(N)nc(N)n1.OB(O)O.OC[C@@H](O)[C@@H](O)[C@H](O)[C@H](O)CO.OC[C@@H](O)[C@@H](O)[C@H](O)[C@H](O)CO. The Morgan fingerprint density at radius 1 is 0.459 bits per heavy atom. The molecule has 21 N–H and O–H groups in total. The van der Waals surface area contributed by atoms with Crippen LogP contribution in [-0.2, 0) is 0 Å². The van der Waals surface area contributed by atoms with E-state index in [1.807, 2.05) is 0 Å². The summed E-state index contributed by atoms with van der Waals surface area (Å²) in [5.74, 6) is 0.125. The van der Waals surface area contributed by atoms with Crippen LogP contribution in [-0.4, -0.2) is 174 Å². The van der Waals surface area contributed by atoms with Crippen molar-refractivity contribution in [2.24, 2.45) is 0 Å². The van der Waals surface area contributed by atoms with Crippen LogP contribution in [0.25, 0.3) is 0 Å². The Hall–Kier alpha value is -2.13. The molecule has 1 aromatic heterocycles. The van der Waals surface area contributed by atoms with Crippen LogP contribution in [0, 0.1) is 0 Å². The number of hydrogen-bond acceptors (Lipinski definition) is 21. The van der Waals surface area contributed by atoms with Gasteiger partial charge in [0.2, 0.25) is 17.8 Å². The van der Waals surface area contributed by atoms with Gasteiger partial charge in [0.05, 0.1) is 26.4 Å². The quantitative estimate of drug-likeness (QED) is 0.120. The van der Waals surface area contributed by atoms with Gasteiger partial charge in [-0.05, 0) is 0 Å². The lowest BCUT2D eigenvalue weighted by Gasteiger charge is -2.24. The van der Waals surface area contributed by atoms with Crippen molar-refractivity contribution in [3.8, 4) is 0 Å². The highest BCUT2D eigenvalue weighted by molar-refractivity contribution is 6.30. The molecule has 0 saturated carbocycles. The number of nitrogens with two attached hydrogens (primary N) is 3. The Labute approximate surface area is 209 Å². The molecule has 0 spiro atoms. The summed E-state index contributed by atoms with van der Waals surface area (Å²) < 4.78 is 0. The van der Waals surface area contributed by atoms with Crippen molar-refractivity contribution < 1.29 is 76.4 Å². The summed E-state index contributed by atoms with van der Waals surface area (Å²) in [5, 5.41) is 126. The van der Waals surface area contributed by atoms with E-state index in [9.17, 15) is 0 Å².